The fourth-order valence-corrected chi connectivity index (χ4v) is 4.88. The van der Waals surface area contributed by atoms with E-state index in [2.05, 4.69) is 24.1 Å². The van der Waals surface area contributed by atoms with E-state index < -0.39 is 35.3 Å². The van der Waals surface area contributed by atoms with Gasteiger partial charge in [0.1, 0.15) is 17.2 Å². The summed E-state index contributed by atoms with van der Waals surface area (Å²) >= 11 is 1.46. The summed E-state index contributed by atoms with van der Waals surface area (Å²) in [5.41, 5.74) is 1.07. The van der Waals surface area contributed by atoms with E-state index in [4.69, 9.17) is 9.47 Å². The van der Waals surface area contributed by atoms with Gasteiger partial charge in [-0.15, -0.1) is 11.3 Å². The number of hydrogen-bond donors (Lipinski definition) is 1. The summed E-state index contributed by atoms with van der Waals surface area (Å²) in [5, 5.41) is 4.97. The Balaban J connectivity index is 2.60. The molecule has 1 aliphatic heterocycles. The molecule has 8 nitrogen and oxygen atoms in total. The van der Waals surface area contributed by atoms with Gasteiger partial charge in [-0.05, 0) is 60.3 Å². The molecule has 0 unspecified atom stereocenters. The van der Waals surface area contributed by atoms with Gasteiger partial charge in [-0.3, -0.25) is 9.69 Å². The second-order valence-electron chi connectivity index (χ2n) is 11.1. The molecular formula is C24H39N3O5S. The number of carbonyl (C=O) groups is 3. The Labute approximate surface area is 201 Å². The topological polar surface area (TPSA) is 97.8 Å². The Hall–Kier alpha value is -2.16. The highest BCUT2D eigenvalue weighted by Gasteiger charge is 2.53. The van der Waals surface area contributed by atoms with Crippen molar-refractivity contribution in [2.75, 3.05) is 0 Å². The van der Waals surface area contributed by atoms with Crippen molar-refractivity contribution in [3.63, 3.8) is 0 Å². The lowest BCUT2D eigenvalue weighted by atomic mass is 9.87. The predicted octanol–water partition coefficient (Wildman–Crippen LogP) is 4.50. The van der Waals surface area contributed by atoms with Crippen LogP contribution in [0.15, 0.2) is 10.9 Å². The van der Waals surface area contributed by atoms with Crippen molar-refractivity contribution in [1.82, 2.24) is 15.2 Å². The maximum Gasteiger partial charge on any atom is 0.411 e. The number of nitrogens with zero attached hydrogens (tertiary/aromatic N) is 2. The maximum atomic E-state index is 13.5. The highest BCUT2D eigenvalue weighted by molar-refractivity contribution is 7.07. The lowest BCUT2D eigenvalue weighted by molar-refractivity contribution is -0.160. The van der Waals surface area contributed by atoms with Gasteiger partial charge in [0, 0.05) is 18.2 Å². The first-order chi connectivity index (χ1) is 15.1. The molecule has 9 heteroatoms. The largest absolute Gasteiger partial charge is 0.458 e. The number of rotatable bonds is 6. The van der Waals surface area contributed by atoms with Gasteiger partial charge in [-0.2, -0.15) is 0 Å². The fourth-order valence-electron chi connectivity index (χ4n) is 4.27. The van der Waals surface area contributed by atoms with Crippen LogP contribution in [0.1, 0.15) is 86.8 Å². The van der Waals surface area contributed by atoms with Crippen LogP contribution >= 0.6 is 11.3 Å². The molecule has 1 saturated heterocycles. The molecule has 1 aliphatic rings. The summed E-state index contributed by atoms with van der Waals surface area (Å²) in [7, 11) is 0. The van der Waals surface area contributed by atoms with Crippen LogP contribution in [0, 0.1) is 5.92 Å². The molecule has 33 heavy (non-hydrogen) atoms. The number of amides is 2. The van der Waals surface area contributed by atoms with E-state index in [1.54, 1.807) is 47.1 Å². The zero-order valence-corrected chi connectivity index (χ0v) is 22.1. The van der Waals surface area contributed by atoms with E-state index in [0.29, 0.717) is 12.8 Å². The van der Waals surface area contributed by atoms with Gasteiger partial charge in [0.05, 0.1) is 23.3 Å². The average Bonchev–Trinajstić information content (AvgIpc) is 3.24. The molecule has 0 radical (unpaired) electrons. The second kappa shape index (κ2) is 10.4. The molecule has 1 aromatic heterocycles. The molecule has 1 fully saturated rings. The van der Waals surface area contributed by atoms with Crippen LogP contribution in [0.25, 0.3) is 0 Å². The van der Waals surface area contributed by atoms with Crippen LogP contribution in [0.2, 0.25) is 0 Å². The van der Waals surface area contributed by atoms with Gasteiger partial charge in [0.15, 0.2) is 0 Å². The van der Waals surface area contributed by atoms with E-state index >= 15 is 0 Å². The van der Waals surface area contributed by atoms with Gasteiger partial charge in [-0.1, -0.05) is 13.8 Å². The van der Waals surface area contributed by atoms with Gasteiger partial charge < -0.3 is 14.8 Å². The Morgan fingerprint density at radius 3 is 2.21 bits per heavy atom. The predicted molar refractivity (Wildman–Crippen MR) is 128 cm³/mol. The third-order valence-electron chi connectivity index (χ3n) is 5.19. The Morgan fingerprint density at radius 2 is 1.76 bits per heavy atom. The minimum absolute atomic E-state index is 0.192. The molecular weight excluding hydrogens is 442 g/mol. The fraction of sp³-hybridized carbons (Fsp3) is 0.750. The Bertz CT molecular complexity index is 826. The summed E-state index contributed by atoms with van der Waals surface area (Å²) in [6, 6.07) is -1.74. The first kappa shape index (κ1) is 27.1. The maximum absolute atomic E-state index is 13.5. The van der Waals surface area contributed by atoms with Crippen molar-refractivity contribution in [2.24, 2.45) is 5.92 Å². The molecule has 2 heterocycles. The van der Waals surface area contributed by atoms with E-state index in [1.165, 1.54) is 23.2 Å². The van der Waals surface area contributed by atoms with Crippen molar-refractivity contribution in [3.8, 4) is 0 Å². The first-order valence-electron chi connectivity index (χ1n) is 11.5. The average molecular weight is 482 g/mol. The number of nitrogens with one attached hydrogen (secondary N) is 1. The molecule has 0 spiro atoms. The van der Waals surface area contributed by atoms with Crippen molar-refractivity contribution in [3.05, 3.63) is 16.6 Å². The Kier molecular flexibility index (Phi) is 8.54. The number of carbonyl (C=O) groups excluding carboxylic acids is 3. The molecule has 4 atom stereocenters. The SMILES string of the molecule is CC(=O)N[C@@H](CC(C)C)[C@H]1[C@H](c2cscn2)C[C@H](C(=O)OC(C)(C)C)N1C(=O)OC(C)(C)C. The number of aromatic nitrogens is 1. The van der Waals surface area contributed by atoms with Crippen LogP contribution in [-0.4, -0.2) is 57.2 Å². The van der Waals surface area contributed by atoms with Gasteiger partial charge in [0.2, 0.25) is 5.91 Å². The van der Waals surface area contributed by atoms with Crippen LogP contribution in [0.5, 0.6) is 0 Å². The van der Waals surface area contributed by atoms with Crippen molar-refractivity contribution >= 4 is 29.3 Å². The van der Waals surface area contributed by atoms with Crippen LogP contribution in [0.3, 0.4) is 0 Å². The zero-order chi connectivity index (χ0) is 25.1. The van der Waals surface area contributed by atoms with E-state index in [-0.39, 0.29) is 23.8 Å². The number of ether oxygens (including phenoxy) is 2. The summed E-state index contributed by atoms with van der Waals surface area (Å²) in [4.78, 5) is 44.9. The number of esters is 1. The quantitative estimate of drug-likeness (QED) is 0.601. The molecule has 1 N–H and O–H groups in total. The Morgan fingerprint density at radius 1 is 1.15 bits per heavy atom. The molecule has 2 rings (SSSR count). The summed E-state index contributed by atoms with van der Waals surface area (Å²) in [5.74, 6) is -0.680. The number of thiazole rings is 1. The molecule has 1 aromatic rings. The van der Waals surface area contributed by atoms with Crippen LogP contribution < -0.4 is 5.32 Å². The summed E-state index contributed by atoms with van der Waals surface area (Å²) < 4.78 is 11.4. The molecule has 0 saturated carbocycles. The normalized spacial score (nSPS) is 22.2. The second-order valence-corrected chi connectivity index (χ2v) is 11.8. The molecule has 0 aliphatic carbocycles. The standard InChI is InChI=1S/C24H39N3O5S/c1-14(2)10-17(26-15(3)28)20-16(18-12-33-13-25-18)11-19(21(29)31-23(4,5)6)27(20)22(30)32-24(7,8)9/h12-14,16-17,19-20H,10-11H2,1-9H3,(H,26,28)/t16-,17-,19+,20+/m0/s1. The molecule has 2 amide bonds. The minimum atomic E-state index is -0.848. The van der Waals surface area contributed by atoms with Gasteiger partial charge >= 0.3 is 12.1 Å². The summed E-state index contributed by atoms with van der Waals surface area (Å²) in [6.07, 6.45) is 0.377. The van der Waals surface area contributed by atoms with E-state index in [1.807, 2.05) is 5.38 Å². The first-order valence-corrected chi connectivity index (χ1v) is 12.4. The van der Waals surface area contributed by atoms with Crippen molar-refractivity contribution in [2.45, 2.75) is 110 Å². The third-order valence-corrected chi connectivity index (χ3v) is 5.79. The zero-order valence-electron chi connectivity index (χ0n) is 21.3. The van der Waals surface area contributed by atoms with Gasteiger partial charge in [-0.25, -0.2) is 14.6 Å². The number of likely N-dealkylation sites (tertiary alicyclic amines) is 1. The highest BCUT2D eigenvalue weighted by Crippen LogP contribution is 2.42. The third kappa shape index (κ3) is 7.69. The van der Waals surface area contributed by atoms with Gasteiger partial charge in [0.25, 0.3) is 0 Å². The van der Waals surface area contributed by atoms with Crippen LogP contribution in [0.4, 0.5) is 4.79 Å². The monoisotopic (exact) mass is 481 g/mol. The number of hydrogen-bond acceptors (Lipinski definition) is 7. The van der Waals surface area contributed by atoms with Crippen LogP contribution in [-0.2, 0) is 19.1 Å². The lowest BCUT2D eigenvalue weighted by Gasteiger charge is -2.38. The summed E-state index contributed by atoms with van der Waals surface area (Å²) in [6.45, 7) is 16.3. The smallest absolute Gasteiger partial charge is 0.411 e. The molecule has 186 valence electrons. The van der Waals surface area contributed by atoms with E-state index in [0.717, 1.165) is 5.69 Å². The molecule has 0 aromatic carbocycles. The van der Waals surface area contributed by atoms with Crippen molar-refractivity contribution in [1.29, 1.82) is 0 Å². The van der Waals surface area contributed by atoms with Crippen molar-refractivity contribution < 1.29 is 23.9 Å². The molecule has 0 bridgehead atoms. The lowest BCUT2D eigenvalue weighted by Crippen LogP contribution is -2.56. The minimum Gasteiger partial charge on any atom is -0.458 e. The highest BCUT2D eigenvalue weighted by atomic mass is 32.1. The van der Waals surface area contributed by atoms with E-state index in [9.17, 15) is 14.4 Å².